The normalized spacial score (nSPS) is 11.6. The molecule has 1 aromatic rings. The third-order valence-electron chi connectivity index (χ3n) is 2.68. The maximum atomic E-state index is 12.1. The van der Waals surface area contributed by atoms with Gasteiger partial charge in [0.1, 0.15) is 0 Å². The van der Waals surface area contributed by atoms with Crippen LogP contribution in [0.25, 0.3) is 0 Å². The van der Waals surface area contributed by atoms with Crippen LogP contribution in [0, 0.1) is 0 Å². The van der Waals surface area contributed by atoms with Gasteiger partial charge in [0, 0.05) is 18.8 Å². The fourth-order valence-corrected chi connectivity index (χ4v) is 3.09. The van der Waals surface area contributed by atoms with E-state index in [4.69, 9.17) is 0 Å². The third-order valence-corrected chi connectivity index (χ3v) is 5.00. The summed E-state index contributed by atoms with van der Waals surface area (Å²) in [5.41, 5.74) is 0. The Morgan fingerprint density at radius 2 is 1.91 bits per heavy atom. The molecule has 0 aromatic heterocycles. The maximum Gasteiger partial charge on any atom is 0.191 e. The molecule has 126 valence electrons. The van der Waals surface area contributed by atoms with Gasteiger partial charge in [-0.3, -0.25) is 4.99 Å². The predicted octanol–water partition coefficient (Wildman–Crippen LogP) is 2.00. The van der Waals surface area contributed by atoms with Crippen molar-refractivity contribution in [3.05, 3.63) is 30.3 Å². The molecule has 0 fully saturated rings. The van der Waals surface area contributed by atoms with Crippen LogP contribution in [-0.4, -0.2) is 51.8 Å². The lowest BCUT2D eigenvalue weighted by Crippen LogP contribution is -2.39. The molecule has 0 bridgehead atoms. The van der Waals surface area contributed by atoms with Gasteiger partial charge in [0.25, 0.3) is 0 Å². The monoisotopic (exact) mass is 457 g/mol. The molecule has 0 aliphatic carbocycles. The molecule has 0 amide bonds. The first-order chi connectivity index (χ1) is 10.1. The summed E-state index contributed by atoms with van der Waals surface area (Å²) in [5.74, 6) is 1.65. The van der Waals surface area contributed by atoms with E-state index in [1.165, 1.54) is 0 Å². The number of halogens is 1. The standard InChI is InChI=1S/C14H23N3O2S2.HI/c1-3-15-14(16-9-11-20-2)17-10-12-21(18,19)13-7-5-4-6-8-13;/h4-8H,3,9-12H2,1-2H3,(H2,15,16,17);1H. The van der Waals surface area contributed by atoms with Gasteiger partial charge in [-0.1, -0.05) is 18.2 Å². The molecule has 0 saturated carbocycles. The van der Waals surface area contributed by atoms with Crippen molar-refractivity contribution in [1.82, 2.24) is 10.6 Å². The Hall–Kier alpha value is -0.480. The maximum absolute atomic E-state index is 12.1. The fourth-order valence-electron chi connectivity index (χ4n) is 1.64. The largest absolute Gasteiger partial charge is 0.357 e. The number of aliphatic imine (C=N–C) groups is 1. The number of guanidine groups is 1. The summed E-state index contributed by atoms with van der Waals surface area (Å²) >= 11 is 1.73. The van der Waals surface area contributed by atoms with Crippen LogP contribution in [0.5, 0.6) is 0 Å². The highest BCUT2D eigenvalue weighted by Crippen LogP contribution is 2.09. The Balaban J connectivity index is 0.00000441. The highest BCUT2D eigenvalue weighted by atomic mass is 127. The molecule has 1 rings (SSSR count). The lowest BCUT2D eigenvalue weighted by Gasteiger charge is -2.11. The fraction of sp³-hybridized carbons (Fsp3) is 0.500. The molecule has 2 N–H and O–H groups in total. The Morgan fingerprint density at radius 3 is 2.50 bits per heavy atom. The quantitative estimate of drug-likeness (QED) is 0.271. The van der Waals surface area contributed by atoms with E-state index in [2.05, 4.69) is 15.6 Å². The van der Waals surface area contributed by atoms with Crippen LogP contribution in [0.3, 0.4) is 0 Å². The average Bonchev–Trinajstić information content (AvgIpc) is 2.48. The van der Waals surface area contributed by atoms with Gasteiger partial charge < -0.3 is 10.6 Å². The number of benzene rings is 1. The van der Waals surface area contributed by atoms with Gasteiger partial charge in [-0.25, -0.2) is 8.42 Å². The molecule has 0 heterocycles. The zero-order valence-electron chi connectivity index (χ0n) is 12.9. The summed E-state index contributed by atoms with van der Waals surface area (Å²) in [4.78, 5) is 4.73. The van der Waals surface area contributed by atoms with Gasteiger partial charge in [0.05, 0.1) is 17.2 Å². The molecule has 0 aliphatic heterocycles. The highest BCUT2D eigenvalue weighted by Gasteiger charge is 2.13. The zero-order chi connectivity index (χ0) is 15.6. The van der Waals surface area contributed by atoms with Gasteiger partial charge in [-0.05, 0) is 25.3 Å². The molecule has 0 unspecified atom stereocenters. The van der Waals surface area contributed by atoms with E-state index in [0.717, 1.165) is 12.3 Å². The van der Waals surface area contributed by atoms with Crippen molar-refractivity contribution < 1.29 is 8.42 Å². The van der Waals surface area contributed by atoms with Crippen molar-refractivity contribution in [1.29, 1.82) is 0 Å². The van der Waals surface area contributed by atoms with Crippen LogP contribution < -0.4 is 10.6 Å². The molecule has 0 saturated heterocycles. The van der Waals surface area contributed by atoms with Crippen LogP contribution in [-0.2, 0) is 9.84 Å². The second-order valence-corrected chi connectivity index (χ2v) is 7.41. The summed E-state index contributed by atoms with van der Waals surface area (Å²) in [6.45, 7) is 3.77. The van der Waals surface area contributed by atoms with Gasteiger partial charge in [0.15, 0.2) is 15.8 Å². The van der Waals surface area contributed by atoms with Gasteiger partial charge in [-0.2, -0.15) is 11.8 Å². The second-order valence-electron chi connectivity index (χ2n) is 4.31. The minimum absolute atomic E-state index is 0. The minimum Gasteiger partial charge on any atom is -0.357 e. The minimum atomic E-state index is -3.25. The number of rotatable bonds is 8. The van der Waals surface area contributed by atoms with E-state index in [9.17, 15) is 8.42 Å². The Morgan fingerprint density at radius 1 is 1.23 bits per heavy atom. The number of sulfone groups is 1. The summed E-state index contributed by atoms with van der Waals surface area (Å²) in [6.07, 6.45) is 2.03. The van der Waals surface area contributed by atoms with Crippen LogP contribution in [0.1, 0.15) is 6.92 Å². The highest BCUT2D eigenvalue weighted by molar-refractivity contribution is 14.0. The van der Waals surface area contributed by atoms with Crippen molar-refractivity contribution in [2.45, 2.75) is 11.8 Å². The van der Waals surface area contributed by atoms with E-state index in [1.807, 2.05) is 13.2 Å². The van der Waals surface area contributed by atoms with Gasteiger partial charge >= 0.3 is 0 Å². The van der Waals surface area contributed by atoms with E-state index in [0.29, 0.717) is 23.9 Å². The molecule has 1 aromatic carbocycles. The lowest BCUT2D eigenvalue weighted by atomic mass is 10.4. The number of hydrogen-bond acceptors (Lipinski definition) is 4. The topological polar surface area (TPSA) is 70.6 Å². The van der Waals surface area contributed by atoms with Crippen molar-refractivity contribution >= 4 is 51.5 Å². The van der Waals surface area contributed by atoms with Crippen LogP contribution in [0.4, 0.5) is 0 Å². The van der Waals surface area contributed by atoms with Crippen molar-refractivity contribution in [3.63, 3.8) is 0 Å². The number of nitrogens with zero attached hydrogens (tertiary/aromatic N) is 1. The van der Waals surface area contributed by atoms with Gasteiger partial charge in [-0.15, -0.1) is 24.0 Å². The number of nitrogens with one attached hydrogen (secondary N) is 2. The summed E-state index contributed by atoms with van der Waals surface area (Å²) in [6, 6.07) is 8.50. The molecule has 0 aliphatic rings. The van der Waals surface area contributed by atoms with Crippen LogP contribution in [0.2, 0.25) is 0 Å². The number of thioether (sulfide) groups is 1. The van der Waals surface area contributed by atoms with Crippen molar-refractivity contribution in [3.8, 4) is 0 Å². The molecule has 5 nitrogen and oxygen atoms in total. The SMILES string of the molecule is CCNC(=NCCSC)NCCS(=O)(=O)c1ccccc1.I. The van der Waals surface area contributed by atoms with Crippen molar-refractivity contribution in [2.24, 2.45) is 4.99 Å². The first kappa shape index (κ1) is 21.5. The van der Waals surface area contributed by atoms with Gasteiger partial charge in [0.2, 0.25) is 0 Å². The predicted molar refractivity (Wildman–Crippen MR) is 106 cm³/mol. The smallest absolute Gasteiger partial charge is 0.191 e. The molecular weight excluding hydrogens is 433 g/mol. The Kier molecular flexibility index (Phi) is 11.7. The lowest BCUT2D eigenvalue weighted by molar-refractivity contribution is 0.594. The van der Waals surface area contributed by atoms with Crippen LogP contribution >= 0.6 is 35.7 Å². The second kappa shape index (κ2) is 12.0. The third kappa shape index (κ3) is 8.23. The molecule has 0 spiro atoms. The summed E-state index contributed by atoms with van der Waals surface area (Å²) in [5, 5.41) is 6.16. The number of hydrogen-bond donors (Lipinski definition) is 2. The van der Waals surface area contributed by atoms with Crippen LogP contribution in [0.15, 0.2) is 40.2 Å². The molecule has 0 radical (unpaired) electrons. The Labute approximate surface area is 154 Å². The summed E-state index contributed by atoms with van der Waals surface area (Å²) < 4.78 is 24.3. The van der Waals surface area contributed by atoms with E-state index >= 15 is 0 Å². The molecule has 22 heavy (non-hydrogen) atoms. The zero-order valence-corrected chi connectivity index (χ0v) is 16.9. The van der Waals surface area contributed by atoms with E-state index < -0.39 is 9.84 Å². The average molecular weight is 457 g/mol. The first-order valence-corrected chi connectivity index (χ1v) is 9.93. The molecular formula is C14H24IN3O2S2. The van der Waals surface area contributed by atoms with Crippen molar-refractivity contribution in [2.75, 3.05) is 37.4 Å². The first-order valence-electron chi connectivity index (χ1n) is 6.89. The van der Waals surface area contributed by atoms with E-state index in [1.54, 1.807) is 42.1 Å². The summed E-state index contributed by atoms with van der Waals surface area (Å²) in [7, 11) is -3.25. The Bertz CT molecular complexity index is 536. The molecule has 0 atom stereocenters. The van der Waals surface area contributed by atoms with E-state index in [-0.39, 0.29) is 29.7 Å². The molecule has 8 heteroatoms.